The van der Waals surface area contributed by atoms with Crippen molar-refractivity contribution in [1.82, 2.24) is 4.98 Å². The Hall–Kier alpha value is -1.57. The van der Waals surface area contributed by atoms with Crippen molar-refractivity contribution in [1.29, 1.82) is 0 Å². The van der Waals surface area contributed by atoms with Crippen LogP contribution in [0.25, 0.3) is 10.9 Å². The van der Waals surface area contributed by atoms with Crippen molar-refractivity contribution >= 4 is 16.7 Å². The van der Waals surface area contributed by atoms with Gasteiger partial charge in [-0.3, -0.25) is 4.79 Å². The van der Waals surface area contributed by atoms with E-state index in [0.29, 0.717) is 0 Å². The first-order valence-corrected chi connectivity index (χ1v) is 6.29. The largest absolute Gasteiger partial charge is 0.358 e. The Labute approximate surface area is 102 Å². The first kappa shape index (κ1) is 11.9. The molecule has 0 spiro atoms. The van der Waals surface area contributed by atoms with Crippen LogP contribution in [0.3, 0.4) is 0 Å². The second-order valence-corrected chi connectivity index (χ2v) is 4.79. The van der Waals surface area contributed by atoms with Crippen LogP contribution < -0.4 is 0 Å². The van der Waals surface area contributed by atoms with Gasteiger partial charge in [-0.05, 0) is 12.5 Å². The van der Waals surface area contributed by atoms with Crippen molar-refractivity contribution in [3.63, 3.8) is 0 Å². The van der Waals surface area contributed by atoms with Crippen LogP contribution in [0.4, 0.5) is 0 Å². The molecule has 2 rings (SSSR count). The number of nitrogens with one attached hydrogen (secondary N) is 1. The molecule has 2 aromatic rings. The maximum Gasteiger partial charge on any atom is 0.167 e. The molecule has 0 aliphatic heterocycles. The van der Waals surface area contributed by atoms with Crippen molar-refractivity contribution in [3.05, 3.63) is 35.5 Å². The minimum Gasteiger partial charge on any atom is -0.358 e. The number of aryl methyl sites for hydroxylation is 1. The van der Waals surface area contributed by atoms with E-state index in [2.05, 4.69) is 11.9 Å². The van der Waals surface area contributed by atoms with E-state index < -0.39 is 0 Å². The Bertz CT molecular complexity index is 537. The first-order valence-electron chi connectivity index (χ1n) is 6.29. The Morgan fingerprint density at radius 2 is 2.00 bits per heavy atom. The van der Waals surface area contributed by atoms with Gasteiger partial charge in [-0.2, -0.15) is 0 Å². The highest BCUT2D eigenvalue weighted by atomic mass is 16.1. The van der Waals surface area contributed by atoms with Crippen molar-refractivity contribution in [3.8, 4) is 0 Å². The van der Waals surface area contributed by atoms with Gasteiger partial charge in [-0.15, -0.1) is 0 Å². The maximum atomic E-state index is 12.3. The van der Waals surface area contributed by atoms with E-state index >= 15 is 0 Å². The standard InChI is InChI=1S/C15H19NO/c1-4-7-13-14(15(17)10(2)3)11-8-5-6-9-12(11)16-13/h5-6,8-10,16H,4,7H2,1-3H3. The molecule has 1 aromatic carbocycles. The van der Waals surface area contributed by atoms with E-state index in [0.717, 1.165) is 35.0 Å². The van der Waals surface area contributed by atoms with E-state index in [-0.39, 0.29) is 11.7 Å². The van der Waals surface area contributed by atoms with Gasteiger partial charge in [0, 0.05) is 28.1 Å². The van der Waals surface area contributed by atoms with Crippen LogP contribution in [0.15, 0.2) is 24.3 Å². The van der Waals surface area contributed by atoms with E-state index in [9.17, 15) is 4.79 Å². The Balaban J connectivity index is 2.63. The lowest BCUT2D eigenvalue weighted by atomic mass is 9.97. The summed E-state index contributed by atoms with van der Waals surface area (Å²) in [4.78, 5) is 15.7. The molecule has 0 saturated carbocycles. The highest BCUT2D eigenvalue weighted by Crippen LogP contribution is 2.25. The van der Waals surface area contributed by atoms with Crippen LogP contribution in [0, 0.1) is 5.92 Å². The molecule has 1 heterocycles. The number of carbonyl (C=O) groups excluding carboxylic acids is 1. The second kappa shape index (κ2) is 4.74. The van der Waals surface area contributed by atoms with Gasteiger partial charge >= 0.3 is 0 Å². The molecular formula is C15H19NO. The molecule has 0 unspecified atom stereocenters. The number of hydrogen-bond acceptors (Lipinski definition) is 1. The smallest absolute Gasteiger partial charge is 0.167 e. The lowest BCUT2D eigenvalue weighted by Crippen LogP contribution is -2.09. The molecule has 2 heteroatoms. The van der Waals surface area contributed by atoms with Gasteiger partial charge in [-0.25, -0.2) is 0 Å². The summed E-state index contributed by atoms with van der Waals surface area (Å²) in [6.07, 6.45) is 1.98. The molecule has 0 amide bonds. The summed E-state index contributed by atoms with van der Waals surface area (Å²) in [7, 11) is 0. The maximum absolute atomic E-state index is 12.3. The zero-order valence-electron chi connectivity index (χ0n) is 10.7. The van der Waals surface area contributed by atoms with Gasteiger partial charge in [0.1, 0.15) is 0 Å². The molecule has 0 aliphatic carbocycles. The second-order valence-electron chi connectivity index (χ2n) is 4.79. The van der Waals surface area contributed by atoms with Crippen molar-refractivity contribution < 1.29 is 4.79 Å². The number of hydrogen-bond donors (Lipinski definition) is 1. The number of para-hydroxylation sites is 1. The van der Waals surface area contributed by atoms with Gasteiger partial charge in [0.25, 0.3) is 0 Å². The summed E-state index contributed by atoms with van der Waals surface area (Å²) >= 11 is 0. The number of aromatic amines is 1. The van der Waals surface area contributed by atoms with Crippen molar-refractivity contribution in [2.45, 2.75) is 33.6 Å². The van der Waals surface area contributed by atoms with Gasteiger partial charge in [0.2, 0.25) is 0 Å². The van der Waals surface area contributed by atoms with E-state index in [1.54, 1.807) is 0 Å². The fourth-order valence-corrected chi connectivity index (χ4v) is 2.21. The summed E-state index contributed by atoms with van der Waals surface area (Å²) in [5, 5.41) is 1.06. The predicted octanol–water partition coefficient (Wildman–Crippen LogP) is 3.96. The lowest BCUT2D eigenvalue weighted by molar-refractivity contribution is 0.0940. The van der Waals surface area contributed by atoms with Crippen LogP contribution in [-0.2, 0) is 6.42 Å². The minimum atomic E-state index is 0.0461. The molecule has 0 fully saturated rings. The number of ketones is 1. The molecular weight excluding hydrogens is 210 g/mol. The Morgan fingerprint density at radius 3 is 2.65 bits per heavy atom. The van der Waals surface area contributed by atoms with E-state index in [1.165, 1.54) is 0 Å². The number of rotatable bonds is 4. The number of fused-ring (bicyclic) bond motifs is 1. The van der Waals surface area contributed by atoms with Crippen LogP contribution in [0.2, 0.25) is 0 Å². The highest BCUT2D eigenvalue weighted by Gasteiger charge is 2.19. The monoisotopic (exact) mass is 229 g/mol. The number of carbonyl (C=O) groups is 1. The average Bonchev–Trinajstić information content (AvgIpc) is 2.66. The summed E-state index contributed by atoms with van der Waals surface area (Å²) in [5.74, 6) is 0.288. The van der Waals surface area contributed by atoms with E-state index in [4.69, 9.17) is 0 Å². The SMILES string of the molecule is CCCc1[nH]c2ccccc2c1C(=O)C(C)C. The fraction of sp³-hybridized carbons (Fsp3) is 0.400. The van der Waals surface area contributed by atoms with Crippen LogP contribution >= 0.6 is 0 Å². The predicted molar refractivity (Wildman–Crippen MR) is 71.5 cm³/mol. The minimum absolute atomic E-state index is 0.0461. The van der Waals surface area contributed by atoms with E-state index in [1.807, 2.05) is 38.1 Å². The molecule has 0 atom stereocenters. The average molecular weight is 229 g/mol. The molecule has 2 nitrogen and oxygen atoms in total. The Morgan fingerprint density at radius 1 is 1.29 bits per heavy atom. The number of H-pyrrole nitrogens is 1. The van der Waals surface area contributed by atoms with Gasteiger partial charge in [0.15, 0.2) is 5.78 Å². The molecule has 1 N–H and O–H groups in total. The van der Waals surface area contributed by atoms with Crippen LogP contribution in [0.1, 0.15) is 43.2 Å². The lowest BCUT2D eigenvalue weighted by Gasteiger charge is -2.05. The third kappa shape index (κ3) is 2.12. The third-order valence-corrected chi connectivity index (χ3v) is 3.05. The third-order valence-electron chi connectivity index (χ3n) is 3.05. The fourth-order valence-electron chi connectivity index (χ4n) is 2.21. The topological polar surface area (TPSA) is 32.9 Å². The summed E-state index contributed by atoms with van der Waals surface area (Å²) in [6, 6.07) is 8.05. The molecule has 90 valence electrons. The first-order chi connectivity index (χ1) is 8.15. The molecule has 17 heavy (non-hydrogen) atoms. The molecule has 0 radical (unpaired) electrons. The normalized spacial score (nSPS) is 11.3. The zero-order valence-corrected chi connectivity index (χ0v) is 10.7. The number of Topliss-reactive ketones (excluding diaryl/α,β-unsaturated/α-hetero) is 1. The quantitative estimate of drug-likeness (QED) is 0.791. The van der Waals surface area contributed by atoms with Gasteiger partial charge < -0.3 is 4.98 Å². The van der Waals surface area contributed by atoms with Crippen LogP contribution in [0.5, 0.6) is 0 Å². The number of benzene rings is 1. The van der Waals surface area contributed by atoms with Gasteiger partial charge in [0.05, 0.1) is 0 Å². The molecule has 1 aromatic heterocycles. The molecule has 0 aliphatic rings. The number of aromatic nitrogens is 1. The Kier molecular flexibility index (Phi) is 3.32. The van der Waals surface area contributed by atoms with Crippen molar-refractivity contribution in [2.24, 2.45) is 5.92 Å². The highest BCUT2D eigenvalue weighted by molar-refractivity contribution is 6.10. The summed E-state index contributed by atoms with van der Waals surface area (Å²) in [6.45, 7) is 6.05. The zero-order chi connectivity index (χ0) is 12.4. The summed E-state index contributed by atoms with van der Waals surface area (Å²) in [5.41, 5.74) is 3.06. The van der Waals surface area contributed by atoms with Crippen LogP contribution in [-0.4, -0.2) is 10.8 Å². The molecule has 0 bridgehead atoms. The van der Waals surface area contributed by atoms with Crippen molar-refractivity contribution in [2.75, 3.05) is 0 Å². The molecule has 0 saturated heterocycles. The summed E-state index contributed by atoms with van der Waals surface area (Å²) < 4.78 is 0. The van der Waals surface area contributed by atoms with Gasteiger partial charge in [-0.1, -0.05) is 45.4 Å².